The monoisotopic (exact) mass is 110 g/mol. The van der Waals surface area contributed by atoms with E-state index in [9.17, 15) is 4.79 Å². The quantitative estimate of drug-likeness (QED) is 0.483. The predicted octanol–water partition coefficient (Wildman–Crippen LogP) is 0.910. The van der Waals surface area contributed by atoms with Crippen molar-refractivity contribution in [1.29, 1.82) is 0 Å². The van der Waals surface area contributed by atoms with E-state index >= 15 is 0 Å². The summed E-state index contributed by atoms with van der Waals surface area (Å²) >= 11 is 0. The zero-order valence-electron chi connectivity index (χ0n) is 5.69. The minimum atomic E-state index is 0.228. The molecule has 0 saturated heterocycles. The van der Waals surface area contributed by atoms with Crippen LogP contribution in [0.15, 0.2) is 0 Å². The Kier molecular flexibility index (Phi) is 3.41. The van der Waals surface area contributed by atoms with Gasteiger partial charge in [-0.05, 0) is 0 Å². The summed E-state index contributed by atoms with van der Waals surface area (Å²) in [7, 11) is 0. The molecule has 0 aliphatic rings. The van der Waals surface area contributed by atoms with Crippen molar-refractivity contribution in [3.63, 3.8) is 0 Å². The summed E-state index contributed by atoms with van der Waals surface area (Å²) in [4.78, 5) is 10.3. The number of ketones is 1. The van der Waals surface area contributed by atoms with E-state index < -0.39 is 0 Å². The Balaban J connectivity index is 3.45. The molecule has 0 rings (SSSR count). The molecule has 0 aliphatic heterocycles. The molecule has 0 saturated carbocycles. The molecule has 0 spiro atoms. The normalized spacial score (nSPS) is 7.88. The van der Waals surface area contributed by atoms with Gasteiger partial charge in [0.15, 0.2) is 0 Å². The first-order valence-electron chi connectivity index (χ1n) is 2.75. The van der Waals surface area contributed by atoms with Gasteiger partial charge in [0.1, 0.15) is 0 Å². The Bertz CT molecular complexity index is 112. The van der Waals surface area contributed by atoms with E-state index in [4.69, 9.17) is 0 Å². The Hall–Kier alpha value is -0.395. The summed E-state index contributed by atoms with van der Waals surface area (Å²) in [6, 6.07) is 0. The molecule has 0 aromatic rings. The Morgan fingerprint density at radius 3 is 2.00 bits per heavy atom. The van der Waals surface area contributed by atoms with E-state index in [-0.39, 0.29) is 5.78 Å². The number of rotatable bonds is 2. The summed E-state index contributed by atoms with van der Waals surface area (Å²) < 4.78 is 0. The third-order valence-electron chi connectivity index (χ3n) is 0.798. The first-order valence-corrected chi connectivity index (χ1v) is 2.75. The van der Waals surface area contributed by atoms with Gasteiger partial charge >= 0.3 is 50.1 Å². The second kappa shape index (κ2) is 3.59. The molecule has 44 valence electrons. The summed E-state index contributed by atoms with van der Waals surface area (Å²) in [5.41, 5.74) is 1.21. The van der Waals surface area contributed by atoms with Crippen LogP contribution in [-0.4, -0.2) is 18.2 Å². The van der Waals surface area contributed by atoms with Crippen molar-refractivity contribution in [3.05, 3.63) is 0 Å². The summed E-state index contributed by atoms with van der Waals surface area (Å²) in [6.07, 6.45) is 0.586. The number of hydrogen-bond donors (Lipinski definition) is 0. The minimum absolute atomic E-state index is 0.228. The zero-order valence-corrected chi connectivity index (χ0v) is 5.69. The van der Waals surface area contributed by atoms with Gasteiger partial charge in [-0.1, -0.05) is 0 Å². The SMILES string of the molecule is CC(=O)CB=C(C)C. The second-order valence-electron chi connectivity index (χ2n) is 2.19. The van der Waals surface area contributed by atoms with Crippen LogP contribution in [0.3, 0.4) is 0 Å². The first kappa shape index (κ1) is 7.60. The van der Waals surface area contributed by atoms with Gasteiger partial charge in [-0.3, -0.25) is 0 Å². The van der Waals surface area contributed by atoms with Crippen LogP contribution in [0.4, 0.5) is 0 Å². The molecule has 0 bridgehead atoms. The Morgan fingerprint density at radius 1 is 1.38 bits per heavy atom. The van der Waals surface area contributed by atoms with Crippen molar-refractivity contribution in [3.8, 4) is 0 Å². The number of carbonyl (C=O) groups is 1. The third-order valence-corrected chi connectivity index (χ3v) is 0.798. The van der Waals surface area contributed by atoms with E-state index in [0.717, 1.165) is 0 Å². The molecular weight excluding hydrogens is 98.9 g/mol. The fourth-order valence-corrected chi connectivity index (χ4v) is 0.348. The number of hydrogen-bond acceptors (Lipinski definition) is 1. The molecule has 0 aliphatic carbocycles. The third kappa shape index (κ3) is 5.60. The van der Waals surface area contributed by atoms with Crippen molar-refractivity contribution in [1.82, 2.24) is 0 Å². The standard InChI is InChI=1S/C6H11BO/c1-5(2)7-4-6(3)8/h4H2,1-3H3. The van der Waals surface area contributed by atoms with E-state index in [2.05, 4.69) is 0 Å². The van der Waals surface area contributed by atoms with Crippen LogP contribution in [0.2, 0.25) is 6.32 Å². The Morgan fingerprint density at radius 2 is 1.88 bits per heavy atom. The van der Waals surface area contributed by atoms with Gasteiger partial charge < -0.3 is 0 Å². The number of Topliss-reactive ketones (excluding diaryl/α,β-unsaturated/α-hetero) is 1. The van der Waals surface area contributed by atoms with Crippen molar-refractivity contribution in [2.24, 2.45) is 0 Å². The van der Waals surface area contributed by atoms with Crippen molar-refractivity contribution >= 4 is 18.2 Å². The van der Waals surface area contributed by atoms with Gasteiger partial charge in [-0.15, -0.1) is 0 Å². The summed E-state index contributed by atoms with van der Waals surface area (Å²) in [5.74, 6) is 0.228. The van der Waals surface area contributed by atoms with Crippen LogP contribution >= 0.6 is 0 Å². The molecule has 0 radical (unpaired) electrons. The van der Waals surface area contributed by atoms with Crippen molar-refractivity contribution in [2.75, 3.05) is 0 Å². The van der Waals surface area contributed by atoms with Crippen LogP contribution in [0.25, 0.3) is 0 Å². The molecule has 8 heavy (non-hydrogen) atoms. The van der Waals surface area contributed by atoms with Crippen LogP contribution in [0, 0.1) is 0 Å². The number of carbonyl (C=O) groups excluding carboxylic acids is 1. The van der Waals surface area contributed by atoms with Crippen LogP contribution in [-0.2, 0) is 4.79 Å². The molecular formula is C6H11BO. The van der Waals surface area contributed by atoms with Crippen LogP contribution < -0.4 is 0 Å². The molecule has 2 heteroatoms. The predicted molar refractivity (Wildman–Crippen MR) is 37.6 cm³/mol. The topological polar surface area (TPSA) is 17.1 Å². The van der Waals surface area contributed by atoms with Gasteiger partial charge in [0.2, 0.25) is 0 Å². The summed E-state index contributed by atoms with van der Waals surface area (Å²) in [6.45, 7) is 7.51. The van der Waals surface area contributed by atoms with Crippen molar-refractivity contribution < 1.29 is 4.79 Å². The fraction of sp³-hybridized carbons (Fsp3) is 0.667. The van der Waals surface area contributed by atoms with Gasteiger partial charge in [0.05, 0.1) is 0 Å². The molecule has 1 nitrogen and oxygen atoms in total. The molecule has 0 aromatic heterocycles. The molecule has 0 fully saturated rings. The molecule has 0 heterocycles. The van der Waals surface area contributed by atoms with Gasteiger partial charge in [0, 0.05) is 0 Å². The molecule has 0 aromatic carbocycles. The molecule has 0 N–H and O–H groups in total. The Labute approximate surface area is 51.0 Å². The van der Waals surface area contributed by atoms with E-state index in [1.54, 1.807) is 6.92 Å². The molecule has 0 amide bonds. The maximum absolute atomic E-state index is 10.3. The summed E-state index contributed by atoms with van der Waals surface area (Å²) in [5, 5.41) is 0. The first-order chi connectivity index (χ1) is 3.63. The fourth-order valence-electron chi connectivity index (χ4n) is 0.348. The van der Waals surface area contributed by atoms with E-state index in [1.165, 1.54) is 5.46 Å². The van der Waals surface area contributed by atoms with Crippen LogP contribution in [0.5, 0.6) is 0 Å². The van der Waals surface area contributed by atoms with E-state index in [1.807, 2.05) is 20.8 Å². The van der Waals surface area contributed by atoms with Crippen molar-refractivity contribution in [2.45, 2.75) is 27.1 Å². The van der Waals surface area contributed by atoms with Gasteiger partial charge in [-0.25, -0.2) is 0 Å². The maximum atomic E-state index is 10.3. The molecule has 0 atom stereocenters. The average molecular weight is 110 g/mol. The van der Waals surface area contributed by atoms with Gasteiger partial charge in [0.25, 0.3) is 0 Å². The average Bonchev–Trinajstić information content (AvgIpc) is 1.61. The second-order valence-corrected chi connectivity index (χ2v) is 2.19. The van der Waals surface area contributed by atoms with E-state index in [0.29, 0.717) is 6.32 Å². The molecule has 0 unspecified atom stereocenters. The van der Waals surface area contributed by atoms with Gasteiger partial charge in [-0.2, -0.15) is 0 Å². The van der Waals surface area contributed by atoms with Crippen LogP contribution in [0.1, 0.15) is 20.8 Å². The zero-order chi connectivity index (χ0) is 6.57.